The number of nitrogens with one attached hydrogen (secondary N) is 1. The highest BCUT2D eigenvalue weighted by Gasteiger charge is 2.17. The summed E-state index contributed by atoms with van der Waals surface area (Å²) in [6.07, 6.45) is 7.09. The first-order valence-electron chi connectivity index (χ1n) is 10.5. The van der Waals surface area contributed by atoms with Gasteiger partial charge in [0.15, 0.2) is 11.5 Å². The van der Waals surface area contributed by atoms with Gasteiger partial charge in [-0.2, -0.15) is 4.98 Å². The van der Waals surface area contributed by atoms with Crippen LogP contribution in [0.4, 0.5) is 11.8 Å². The molecular weight excluding hydrogens is 364 g/mol. The number of ether oxygens (including phenoxy) is 2. The first-order valence-corrected chi connectivity index (χ1v) is 10.5. The summed E-state index contributed by atoms with van der Waals surface area (Å²) in [7, 11) is 0. The van der Waals surface area contributed by atoms with E-state index in [0.29, 0.717) is 25.2 Å². The molecule has 29 heavy (non-hydrogen) atoms. The second-order valence-corrected chi connectivity index (χ2v) is 7.85. The predicted octanol–water partition coefficient (Wildman–Crippen LogP) is 4.78. The maximum atomic E-state index is 5.98. The summed E-state index contributed by atoms with van der Waals surface area (Å²) in [6, 6.07) is 12.8. The minimum absolute atomic E-state index is 0.305. The van der Waals surface area contributed by atoms with Crippen molar-refractivity contribution >= 4 is 22.7 Å². The Morgan fingerprint density at radius 2 is 1.59 bits per heavy atom. The van der Waals surface area contributed by atoms with Crippen LogP contribution in [0.5, 0.6) is 11.5 Å². The Hall–Kier alpha value is -3.02. The van der Waals surface area contributed by atoms with Crippen molar-refractivity contribution in [2.75, 3.05) is 24.3 Å². The fraction of sp³-hybridized carbons (Fsp3) is 0.391. The second-order valence-electron chi connectivity index (χ2n) is 7.85. The summed E-state index contributed by atoms with van der Waals surface area (Å²) in [4.78, 5) is 8.95. The molecule has 2 aliphatic rings. The quantitative estimate of drug-likeness (QED) is 0.669. The van der Waals surface area contributed by atoms with E-state index in [1.165, 1.54) is 32.1 Å². The van der Waals surface area contributed by atoms with E-state index in [-0.39, 0.29) is 0 Å². The lowest BCUT2D eigenvalue weighted by atomic mass is 9.95. The topological polar surface area (TPSA) is 82.3 Å². The fourth-order valence-corrected chi connectivity index (χ4v) is 4.22. The third-order valence-corrected chi connectivity index (χ3v) is 5.74. The Bertz CT molecular complexity index is 1030. The summed E-state index contributed by atoms with van der Waals surface area (Å²) in [5.41, 5.74) is 9.00. The molecule has 0 saturated heterocycles. The second kappa shape index (κ2) is 7.78. The van der Waals surface area contributed by atoms with Gasteiger partial charge in [0.05, 0.1) is 18.7 Å². The number of hydrogen-bond donors (Lipinski definition) is 2. The highest BCUT2D eigenvalue weighted by atomic mass is 16.5. The van der Waals surface area contributed by atoms with Crippen LogP contribution in [-0.4, -0.2) is 29.2 Å². The zero-order valence-electron chi connectivity index (χ0n) is 16.5. The van der Waals surface area contributed by atoms with Crippen molar-refractivity contribution in [1.82, 2.24) is 9.97 Å². The molecule has 1 saturated carbocycles. The molecule has 6 heteroatoms. The third-order valence-electron chi connectivity index (χ3n) is 5.74. The van der Waals surface area contributed by atoms with Gasteiger partial charge in [0, 0.05) is 17.8 Å². The fourth-order valence-electron chi connectivity index (χ4n) is 4.22. The Kier molecular flexibility index (Phi) is 4.84. The largest absolute Gasteiger partial charge is 0.490 e. The Morgan fingerprint density at radius 1 is 0.828 bits per heavy atom. The molecule has 1 aliphatic carbocycles. The van der Waals surface area contributed by atoms with Crippen LogP contribution in [0.3, 0.4) is 0 Å². The third kappa shape index (κ3) is 3.79. The summed E-state index contributed by atoms with van der Waals surface area (Å²) < 4.78 is 11.6. The number of aromatic nitrogens is 2. The number of rotatable bonds is 3. The molecule has 0 amide bonds. The standard InChI is InChI=1S/C23H26N4O2/c24-23-26-19-9-7-15(16-8-10-20-21(14-16)29-12-4-11-28-20)13-18(19)22(27-23)25-17-5-2-1-3-6-17/h7-10,13-14,17H,1-6,11-12H2,(H3,24,25,26,27). The number of anilines is 2. The van der Waals surface area contributed by atoms with Crippen LogP contribution >= 0.6 is 0 Å². The van der Waals surface area contributed by atoms with Crippen molar-refractivity contribution in [3.63, 3.8) is 0 Å². The minimum atomic E-state index is 0.305. The Labute approximate surface area is 170 Å². The molecule has 2 heterocycles. The molecule has 5 rings (SSSR count). The summed E-state index contributed by atoms with van der Waals surface area (Å²) >= 11 is 0. The van der Waals surface area contributed by atoms with E-state index in [1.54, 1.807) is 0 Å². The van der Waals surface area contributed by atoms with Gasteiger partial charge in [-0.25, -0.2) is 4.98 Å². The Balaban J connectivity index is 1.53. The molecule has 6 nitrogen and oxygen atoms in total. The number of hydrogen-bond acceptors (Lipinski definition) is 6. The van der Waals surface area contributed by atoms with Crippen LogP contribution in [-0.2, 0) is 0 Å². The van der Waals surface area contributed by atoms with E-state index in [1.807, 2.05) is 18.2 Å². The van der Waals surface area contributed by atoms with Crippen molar-refractivity contribution in [2.24, 2.45) is 0 Å². The van der Waals surface area contributed by atoms with Crippen molar-refractivity contribution in [2.45, 2.75) is 44.6 Å². The number of benzene rings is 2. The lowest BCUT2D eigenvalue weighted by Crippen LogP contribution is -2.23. The van der Waals surface area contributed by atoms with Crippen LogP contribution in [0.15, 0.2) is 36.4 Å². The van der Waals surface area contributed by atoms with Crippen LogP contribution in [0.2, 0.25) is 0 Å². The van der Waals surface area contributed by atoms with Gasteiger partial charge in [-0.1, -0.05) is 31.4 Å². The van der Waals surface area contributed by atoms with Crippen LogP contribution < -0.4 is 20.5 Å². The molecule has 0 atom stereocenters. The van der Waals surface area contributed by atoms with E-state index in [9.17, 15) is 0 Å². The first-order chi connectivity index (χ1) is 14.3. The molecule has 1 aromatic heterocycles. The summed E-state index contributed by atoms with van der Waals surface area (Å²) in [6.45, 7) is 1.37. The monoisotopic (exact) mass is 390 g/mol. The molecule has 0 radical (unpaired) electrons. The number of nitrogens with two attached hydrogens (primary N) is 1. The van der Waals surface area contributed by atoms with E-state index in [2.05, 4.69) is 33.5 Å². The number of nitrogens with zero attached hydrogens (tertiary/aromatic N) is 2. The normalized spacial score (nSPS) is 17.1. The molecule has 0 spiro atoms. The summed E-state index contributed by atoms with van der Waals surface area (Å²) in [5, 5.41) is 4.62. The number of nitrogen functional groups attached to an aromatic ring is 1. The van der Waals surface area contributed by atoms with Crippen molar-refractivity contribution in [1.29, 1.82) is 0 Å². The molecule has 0 bridgehead atoms. The van der Waals surface area contributed by atoms with Gasteiger partial charge in [-0.05, 0) is 48.2 Å². The lowest BCUT2D eigenvalue weighted by Gasteiger charge is -2.24. The van der Waals surface area contributed by atoms with Crippen LogP contribution in [0, 0.1) is 0 Å². The molecule has 0 unspecified atom stereocenters. The molecule has 1 aliphatic heterocycles. The highest BCUT2D eigenvalue weighted by molar-refractivity contribution is 5.93. The van der Waals surface area contributed by atoms with Crippen LogP contribution in [0.1, 0.15) is 38.5 Å². The maximum absolute atomic E-state index is 5.98. The van der Waals surface area contributed by atoms with Crippen molar-refractivity contribution in [3.05, 3.63) is 36.4 Å². The zero-order valence-corrected chi connectivity index (χ0v) is 16.5. The minimum Gasteiger partial charge on any atom is -0.490 e. The molecule has 1 fully saturated rings. The van der Waals surface area contributed by atoms with E-state index in [0.717, 1.165) is 45.8 Å². The average Bonchev–Trinajstić information content (AvgIpc) is 2.99. The van der Waals surface area contributed by atoms with Gasteiger partial charge in [0.1, 0.15) is 5.82 Å². The average molecular weight is 390 g/mol. The van der Waals surface area contributed by atoms with Gasteiger partial charge >= 0.3 is 0 Å². The van der Waals surface area contributed by atoms with E-state index >= 15 is 0 Å². The van der Waals surface area contributed by atoms with Gasteiger partial charge in [-0.3, -0.25) is 0 Å². The smallest absolute Gasteiger partial charge is 0.222 e. The molecule has 3 N–H and O–H groups in total. The summed E-state index contributed by atoms with van der Waals surface area (Å²) in [5.74, 6) is 2.74. The van der Waals surface area contributed by atoms with Gasteiger partial charge < -0.3 is 20.5 Å². The Morgan fingerprint density at radius 3 is 2.45 bits per heavy atom. The van der Waals surface area contributed by atoms with Gasteiger partial charge in [0.25, 0.3) is 0 Å². The van der Waals surface area contributed by atoms with E-state index < -0.39 is 0 Å². The highest BCUT2D eigenvalue weighted by Crippen LogP contribution is 2.36. The van der Waals surface area contributed by atoms with E-state index in [4.69, 9.17) is 15.2 Å². The SMILES string of the molecule is Nc1nc(NC2CCCCC2)c2cc(-c3ccc4c(c3)OCCCO4)ccc2n1. The van der Waals surface area contributed by atoms with Gasteiger partial charge in [0.2, 0.25) is 5.95 Å². The molecule has 2 aromatic carbocycles. The molecule has 3 aromatic rings. The molecule has 150 valence electrons. The zero-order chi connectivity index (χ0) is 19.6. The van der Waals surface area contributed by atoms with Gasteiger partial charge in [-0.15, -0.1) is 0 Å². The predicted molar refractivity (Wildman–Crippen MR) is 115 cm³/mol. The first kappa shape index (κ1) is 18.0. The number of fused-ring (bicyclic) bond motifs is 2. The van der Waals surface area contributed by atoms with Crippen molar-refractivity contribution in [3.8, 4) is 22.6 Å². The van der Waals surface area contributed by atoms with Crippen LogP contribution in [0.25, 0.3) is 22.0 Å². The maximum Gasteiger partial charge on any atom is 0.222 e. The van der Waals surface area contributed by atoms with Crippen molar-refractivity contribution < 1.29 is 9.47 Å². The lowest BCUT2D eigenvalue weighted by molar-refractivity contribution is 0.297. The molecular formula is C23H26N4O2.